The standard InChI is InChI=1S/C7H17N3/c1-7(2,8)10-6-4-5-9(10)3/h4-6,8H2,1-3H3. The van der Waals surface area contributed by atoms with Crippen LogP contribution in [0.1, 0.15) is 20.3 Å². The van der Waals surface area contributed by atoms with Crippen molar-refractivity contribution in [1.82, 2.24) is 10.0 Å². The summed E-state index contributed by atoms with van der Waals surface area (Å²) in [6.45, 7) is 6.31. The van der Waals surface area contributed by atoms with Crippen molar-refractivity contribution in [1.29, 1.82) is 0 Å². The number of nitrogens with zero attached hydrogens (tertiary/aromatic N) is 2. The minimum Gasteiger partial charge on any atom is -0.313 e. The quantitative estimate of drug-likeness (QED) is 0.570. The molecule has 1 rings (SSSR count). The molecule has 0 bridgehead atoms. The molecule has 0 radical (unpaired) electrons. The Morgan fingerprint density at radius 2 is 1.90 bits per heavy atom. The Morgan fingerprint density at radius 1 is 1.30 bits per heavy atom. The molecule has 0 aliphatic carbocycles. The summed E-state index contributed by atoms with van der Waals surface area (Å²) >= 11 is 0. The molecule has 0 unspecified atom stereocenters. The Hall–Kier alpha value is -0.120. The van der Waals surface area contributed by atoms with E-state index in [0.717, 1.165) is 13.1 Å². The molecule has 0 spiro atoms. The topological polar surface area (TPSA) is 32.5 Å². The van der Waals surface area contributed by atoms with Gasteiger partial charge in [0.1, 0.15) is 0 Å². The Kier molecular flexibility index (Phi) is 1.99. The molecule has 1 saturated heterocycles. The molecular formula is C7H17N3. The van der Waals surface area contributed by atoms with Crippen molar-refractivity contribution in [3.63, 3.8) is 0 Å². The van der Waals surface area contributed by atoms with Gasteiger partial charge in [0, 0.05) is 20.1 Å². The second kappa shape index (κ2) is 2.49. The molecule has 1 aliphatic heterocycles. The largest absolute Gasteiger partial charge is 0.313 e. The van der Waals surface area contributed by atoms with Crippen LogP contribution >= 0.6 is 0 Å². The second-order valence-corrected chi connectivity index (χ2v) is 3.51. The summed E-state index contributed by atoms with van der Waals surface area (Å²) in [4.78, 5) is 0. The van der Waals surface area contributed by atoms with Crippen molar-refractivity contribution >= 4 is 0 Å². The molecule has 2 N–H and O–H groups in total. The van der Waals surface area contributed by atoms with Crippen LogP contribution in [0.25, 0.3) is 0 Å². The van der Waals surface area contributed by atoms with Crippen molar-refractivity contribution < 1.29 is 0 Å². The van der Waals surface area contributed by atoms with Crippen molar-refractivity contribution in [2.45, 2.75) is 25.9 Å². The van der Waals surface area contributed by atoms with Gasteiger partial charge in [-0.15, -0.1) is 0 Å². The molecule has 0 atom stereocenters. The first-order chi connectivity index (χ1) is 4.52. The number of hydrazine groups is 1. The van der Waals surface area contributed by atoms with Crippen molar-refractivity contribution in [2.75, 3.05) is 20.1 Å². The zero-order chi connectivity index (χ0) is 7.78. The molecule has 0 aromatic carbocycles. The number of hydrogen-bond acceptors (Lipinski definition) is 3. The third-order valence-electron chi connectivity index (χ3n) is 1.93. The van der Waals surface area contributed by atoms with Gasteiger partial charge in [0.25, 0.3) is 0 Å². The molecular weight excluding hydrogens is 126 g/mol. The van der Waals surface area contributed by atoms with Gasteiger partial charge in [-0.05, 0) is 20.3 Å². The van der Waals surface area contributed by atoms with Crippen molar-refractivity contribution in [3.8, 4) is 0 Å². The maximum absolute atomic E-state index is 5.92. The normalized spacial score (nSPS) is 24.0. The molecule has 60 valence electrons. The molecule has 3 nitrogen and oxygen atoms in total. The fourth-order valence-electron chi connectivity index (χ4n) is 1.47. The van der Waals surface area contributed by atoms with E-state index in [1.807, 2.05) is 13.8 Å². The molecule has 0 aromatic heterocycles. The molecule has 0 saturated carbocycles. The highest BCUT2D eigenvalue weighted by molar-refractivity contribution is 4.76. The first-order valence-electron chi connectivity index (χ1n) is 3.79. The first-order valence-corrected chi connectivity index (χ1v) is 3.79. The van der Waals surface area contributed by atoms with Crippen LogP contribution in [0.5, 0.6) is 0 Å². The van der Waals surface area contributed by atoms with Crippen LogP contribution in [-0.4, -0.2) is 35.8 Å². The number of nitrogens with two attached hydrogens (primary N) is 1. The fourth-order valence-corrected chi connectivity index (χ4v) is 1.47. The zero-order valence-corrected chi connectivity index (χ0v) is 7.09. The summed E-state index contributed by atoms with van der Waals surface area (Å²) in [5, 5.41) is 4.40. The fraction of sp³-hybridized carbons (Fsp3) is 1.00. The predicted octanol–water partition coefficient (Wildman–Crippen LogP) is 0.234. The highest BCUT2D eigenvalue weighted by atomic mass is 15.7. The SMILES string of the molecule is CN1CCCN1C(C)(C)N. The Bertz CT molecular complexity index is 117. The van der Waals surface area contributed by atoms with Gasteiger partial charge < -0.3 is 5.73 Å². The minimum atomic E-state index is -0.189. The van der Waals surface area contributed by atoms with Gasteiger partial charge in [-0.3, -0.25) is 0 Å². The smallest absolute Gasteiger partial charge is 0.0766 e. The van der Waals surface area contributed by atoms with E-state index >= 15 is 0 Å². The van der Waals surface area contributed by atoms with Gasteiger partial charge in [-0.2, -0.15) is 0 Å². The summed E-state index contributed by atoms with van der Waals surface area (Å²) in [6, 6.07) is 0. The van der Waals surface area contributed by atoms with E-state index in [4.69, 9.17) is 5.73 Å². The monoisotopic (exact) mass is 143 g/mol. The first kappa shape index (κ1) is 7.98. The third kappa shape index (κ3) is 1.48. The summed E-state index contributed by atoms with van der Waals surface area (Å²) in [5.41, 5.74) is 5.73. The van der Waals surface area contributed by atoms with Gasteiger partial charge in [-0.1, -0.05) is 0 Å². The van der Waals surface area contributed by atoms with E-state index in [9.17, 15) is 0 Å². The van der Waals surface area contributed by atoms with Crippen molar-refractivity contribution in [2.24, 2.45) is 5.73 Å². The van der Waals surface area contributed by atoms with Gasteiger partial charge in [0.2, 0.25) is 0 Å². The molecule has 0 amide bonds. The summed E-state index contributed by atoms with van der Waals surface area (Å²) in [6.07, 6.45) is 1.23. The predicted molar refractivity (Wildman–Crippen MR) is 42.2 cm³/mol. The Balaban J connectivity index is 2.55. The number of rotatable bonds is 1. The molecule has 3 heteroatoms. The molecule has 1 aliphatic rings. The summed E-state index contributed by atoms with van der Waals surface area (Å²) in [7, 11) is 2.08. The lowest BCUT2D eigenvalue weighted by Gasteiger charge is -2.36. The lowest BCUT2D eigenvalue weighted by molar-refractivity contribution is -0.0333. The van der Waals surface area contributed by atoms with Crippen LogP contribution in [0.2, 0.25) is 0 Å². The Morgan fingerprint density at radius 3 is 2.10 bits per heavy atom. The Labute approximate surface area is 62.8 Å². The van der Waals surface area contributed by atoms with Crippen LogP contribution in [0.15, 0.2) is 0 Å². The van der Waals surface area contributed by atoms with Crippen LogP contribution in [0.3, 0.4) is 0 Å². The van der Waals surface area contributed by atoms with Gasteiger partial charge >= 0.3 is 0 Å². The van der Waals surface area contributed by atoms with E-state index in [1.54, 1.807) is 0 Å². The van der Waals surface area contributed by atoms with Crippen LogP contribution in [0.4, 0.5) is 0 Å². The maximum atomic E-state index is 5.92. The average molecular weight is 143 g/mol. The van der Waals surface area contributed by atoms with Crippen molar-refractivity contribution in [3.05, 3.63) is 0 Å². The number of hydrogen-bond donors (Lipinski definition) is 1. The van der Waals surface area contributed by atoms with Gasteiger partial charge in [-0.25, -0.2) is 10.0 Å². The summed E-state index contributed by atoms with van der Waals surface area (Å²) < 4.78 is 0. The van der Waals surface area contributed by atoms with Crippen LogP contribution in [0, 0.1) is 0 Å². The lowest BCUT2D eigenvalue weighted by Crippen LogP contribution is -2.54. The maximum Gasteiger partial charge on any atom is 0.0766 e. The molecule has 1 heterocycles. The molecule has 1 fully saturated rings. The van der Waals surface area contributed by atoms with Gasteiger partial charge in [0.15, 0.2) is 0 Å². The van der Waals surface area contributed by atoms with E-state index in [2.05, 4.69) is 17.1 Å². The van der Waals surface area contributed by atoms with E-state index in [0.29, 0.717) is 0 Å². The second-order valence-electron chi connectivity index (χ2n) is 3.51. The van der Waals surface area contributed by atoms with E-state index < -0.39 is 0 Å². The van der Waals surface area contributed by atoms with Gasteiger partial charge in [0.05, 0.1) is 5.66 Å². The minimum absolute atomic E-state index is 0.189. The van der Waals surface area contributed by atoms with Crippen LogP contribution < -0.4 is 5.73 Å². The van der Waals surface area contributed by atoms with E-state index in [-0.39, 0.29) is 5.66 Å². The third-order valence-corrected chi connectivity index (χ3v) is 1.93. The highest BCUT2D eigenvalue weighted by Crippen LogP contribution is 2.15. The highest BCUT2D eigenvalue weighted by Gasteiger charge is 2.28. The van der Waals surface area contributed by atoms with Crippen LogP contribution in [-0.2, 0) is 0 Å². The average Bonchev–Trinajstić information content (AvgIpc) is 2.11. The summed E-state index contributed by atoms with van der Waals surface area (Å²) in [5.74, 6) is 0. The lowest BCUT2D eigenvalue weighted by atomic mass is 10.2. The molecule has 0 aromatic rings. The molecule has 10 heavy (non-hydrogen) atoms. The van der Waals surface area contributed by atoms with E-state index in [1.165, 1.54) is 6.42 Å². The zero-order valence-electron chi connectivity index (χ0n) is 7.09.